The first-order valence-electron chi connectivity index (χ1n) is 8.68. The van der Waals surface area contributed by atoms with E-state index in [-0.39, 0.29) is 0 Å². The van der Waals surface area contributed by atoms with Crippen molar-refractivity contribution < 1.29 is 0 Å². The molecule has 0 fully saturated rings. The van der Waals surface area contributed by atoms with E-state index in [1.54, 1.807) is 0 Å². The predicted molar refractivity (Wildman–Crippen MR) is 112 cm³/mol. The van der Waals surface area contributed by atoms with E-state index in [4.69, 9.17) is 15.0 Å². The Balaban J connectivity index is 1.89. The highest BCUT2D eigenvalue weighted by atomic mass is 79.9. The molecule has 5 aromatic rings. The molecule has 0 saturated heterocycles. The number of rotatable bonds is 2. The first kappa shape index (κ1) is 16.1. The normalized spacial score (nSPS) is 11.3. The lowest BCUT2D eigenvalue weighted by Crippen LogP contribution is -2.00. The van der Waals surface area contributed by atoms with E-state index in [1.807, 2.05) is 42.5 Å². The van der Waals surface area contributed by atoms with Gasteiger partial charge in [-0.25, -0.2) is 15.0 Å². The number of fused-ring (bicyclic) bond motifs is 2. The molecule has 27 heavy (non-hydrogen) atoms. The molecule has 5 heteroatoms. The number of aromatic nitrogens is 4. The summed E-state index contributed by atoms with van der Waals surface area (Å²) in [5.41, 5.74) is 6.31. The van der Waals surface area contributed by atoms with Crippen molar-refractivity contribution in [1.29, 1.82) is 0 Å². The third kappa shape index (κ3) is 2.71. The SMILES string of the molecule is Cc1cc(-n2c(-c3ccccc3)nc3nc4ccccc4nc32)ccc1Br. The topological polar surface area (TPSA) is 43.6 Å². The zero-order valence-electron chi connectivity index (χ0n) is 14.6. The Morgan fingerprint density at radius 1 is 0.778 bits per heavy atom. The van der Waals surface area contributed by atoms with Crippen LogP contribution in [0.1, 0.15) is 5.56 Å². The fraction of sp³-hybridized carbons (Fsp3) is 0.0455. The number of hydrogen-bond donors (Lipinski definition) is 0. The Hall–Kier alpha value is -3.05. The van der Waals surface area contributed by atoms with Crippen LogP contribution in [0.2, 0.25) is 0 Å². The summed E-state index contributed by atoms with van der Waals surface area (Å²) in [5.74, 6) is 0.836. The van der Waals surface area contributed by atoms with Crippen LogP contribution in [0.25, 0.3) is 39.4 Å². The molecule has 0 N–H and O–H groups in total. The smallest absolute Gasteiger partial charge is 0.199 e. The highest BCUT2D eigenvalue weighted by Crippen LogP contribution is 2.29. The van der Waals surface area contributed by atoms with Gasteiger partial charge in [-0.1, -0.05) is 58.4 Å². The van der Waals surface area contributed by atoms with Crippen LogP contribution in [0.5, 0.6) is 0 Å². The Bertz CT molecular complexity index is 1290. The number of aryl methyl sites for hydroxylation is 1. The maximum Gasteiger partial charge on any atom is 0.199 e. The number of para-hydroxylation sites is 2. The van der Waals surface area contributed by atoms with E-state index in [0.29, 0.717) is 5.65 Å². The number of nitrogens with zero attached hydrogens (tertiary/aromatic N) is 4. The van der Waals surface area contributed by atoms with Crippen LogP contribution in [-0.4, -0.2) is 19.5 Å². The molecule has 0 radical (unpaired) electrons. The van der Waals surface area contributed by atoms with Crippen molar-refractivity contribution in [3.05, 3.63) is 82.8 Å². The second kappa shape index (κ2) is 6.28. The zero-order valence-corrected chi connectivity index (χ0v) is 16.2. The van der Waals surface area contributed by atoms with Crippen LogP contribution in [0, 0.1) is 6.92 Å². The summed E-state index contributed by atoms with van der Waals surface area (Å²) in [4.78, 5) is 14.5. The number of hydrogen-bond acceptors (Lipinski definition) is 3. The second-order valence-electron chi connectivity index (χ2n) is 6.43. The molecule has 3 aromatic carbocycles. The third-order valence-electron chi connectivity index (χ3n) is 4.60. The molecule has 0 aliphatic rings. The van der Waals surface area contributed by atoms with Gasteiger partial charge in [0.15, 0.2) is 11.3 Å². The quantitative estimate of drug-likeness (QED) is 0.371. The van der Waals surface area contributed by atoms with Crippen LogP contribution in [-0.2, 0) is 0 Å². The molecule has 130 valence electrons. The van der Waals surface area contributed by atoms with Crippen molar-refractivity contribution in [2.75, 3.05) is 0 Å². The minimum atomic E-state index is 0.646. The average Bonchev–Trinajstić information content (AvgIpc) is 3.07. The van der Waals surface area contributed by atoms with Gasteiger partial charge in [-0.15, -0.1) is 0 Å². The summed E-state index contributed by atoms with van der Waals surface area (Å²) in [6.45, 7) is 2.08. The highest BCUT2D eigenvalue weighted by molar-refractivity contribution is 9.10. The monoisotopic (exact) mass is 414 g/mol. The van der Waals surface area contributed by atoms with Gasteiger partial charge in [-0.05, 0) is 42.8 Å². The first-order chi connectivity index (χ1) is 13.2. The van der Waals surface area contributed by atoms with E-state index in [0.717, 1.165) is 43.8 Å². The van der Waals surface area contributed by atoms with Gasteiger partial charge in [-0.3, -0.25) is 4.57 Å². The van der Waals surface area contributed by atoms with Crippen LogP contribution in [0.15, 0.2) is 77.3 Å². The van der Waals surface area contributed by atoms with Crippen molar-refractivity contribution in [2.45, 2.75) is 6.92 Å². The molecular weight excluding hydrogens is 400 g/mol. The maximum absolute atomic E-state index is 4.88. The minimum absolute atomic E-state index is 0.646. The molecule has 0 saturated carbocycles. The van der Waals surface area contributed by atoms with Gasteiger partial charge in [0, 0.05) is 15.7 Å². The summed E-state index contributed by atoms with van der Waals surface area (Å²) in [6.07, 6.45) is 0. The lowest BCUT2D eigenvalue weighted by atomic mass is 10.2. The van der Waals surface area contributed by atoms with Crippen LogP contribution >= 0.6 is 15.9 Å². The van der Waals surface area contributed by atoms with Gasteiger partial charge in [0.05, 0.1) is 11.0 Å². The largest absolute Gasteiger partial charge is 0.275 e. The predicted octanol–water partition coefficient (Wildman–Crippen LogP) is 5.71. The van der Waals surface area contributed by atoms with Crippen molar-refractivity contribution in [3.8, 4) is 17.1 Å². The summed E-state index contributed by atoms with van der Waals surface area (Å²) < 4.78 is 3.16. The molecule has 0 bridgehead atoms. The molecule has 0 atom stereocenters. The summed E-state index contributed by atoms with van der Waals surface area (Å²) in [7, 11) is 0. The Kier molecular flexibility index (Phi) is 3.76. The van der Waals surface area contributed by atoms with E-state index in [1.165, 1.54) is 0 Å². The van der Waals surface area contributed by atoms with Gasteiger partial charge >= 0.3 is 0 Å². The fourth-order valence-corrected chi connectivity index (χ4v) is 3.50. The molecule has 0 aliphatic heterocycles. The standard InChI is InChI=1S/C22H15BrN4/c1-14-13-16(11-12-17(14)23)27-21(15-7-3-2-4-8-15)26-20-22(27)25-19-10-6-5-9-18(19)24-20/h2-13H,1H3. The fourth-order valence-electron chi connectivity index (χ4n) is 3.25. The molecule has 2 aromatic heterocycles. The van der Waals surface area contributed by atoms with Gasteiger partial charge < -0.3 is 0 Å². The molecule has 5 rings (SSSR count). The summed E-state index contributed by atoms with van der Waals surface area (Å²) in [6, 6.07) is 24.3. The van der Waals surface area contributed by atoms with Gasteiger partial charge in [0.1, 0.15) is 5.82 Å². The lowest BCUT2D eigenvalue weighted by molar-refractivity contribution is 1.08. The van der Waals surface area contributed by atoms with Gasteiger partial charge in [0.25, 0.3) is 0 Å². The molecule has 0 unspecified atom stereocenters. The maximum atomic E-state index is 4.88. The van der Waals surface area contributed by atoms with Crippen LogP contribution in [0.4, 0.5) is 0 Å². The number of halogens is 1. The molecule has 4 nitrogen and oxygen atoms in total. The van der Waals surface area contributed by atoms with Gasteiger partial charge in [-0.2, -0.15) is 0 Å². The van der Waals surface area contributed by atoms with E-state index in [2.05, 4.69) is 57.8 Å². The van der Waals surface area contributed by atoms with Crippen molar-refractivity contribution in [3.63, 3.8) is 0 Å². The molecule has 0 spiro atoms. The highest BCUT2D eigenvalue weighted by Gasteiger charge is 2.17. The van der Waals surface area contributed by atoms with E-state index in [9.17, 15) is 0 Å². The minimum Gasteiger partial charge on any atom is -0.275 e. The van der Waals surface area contributed by atoms with Crippen molar-refractivity contribution in [2.24, 2.45) is 0 Å². The summed E-state index contributed by atoms with van der Waals surface area (Å²) in [5, 5.41) is 0. The zero-order chi connectivity index (χ0) is 18.4. The lowest BCUT2D eigenvalue weighted by Gasteiger charge is -2.10. The van der Waals surface area contributed by atoms with Gasteiger partial charge in [0.2, 0.25) is 0 Å². The molecule has 0 aliphatic carbocycles. The third-order valence-corrected chi connectivity index (χ3v) is 5.49. The number of benzene rings is 3. The Labute approximate surface area is 164 Å². The Morgan fingerprint density at radius 3 is 2.22 bits per heavy atom. The Morgan fingerprint density at radius 2 is 1.48 bits per heavy atom. The molecule has 2 heterocycles. The summed E-state index contributed by atoms with van der Waals surface area (Å²) >= 11 is 3.59. The second-order valence-corrected chi connectivity index (χ2v) is 7.28. The van der Waals surface area contributed by atoms with Crippen molar-refractivity contribution in [1.82, 2.24) is 19.5 Å². The number of imidazole rings is 1. The molecular formula is C22H15BrN4. The van der Waals surface area contributed by atoms with Crippen LogP contribution < -0.4 is 0 Å². The van der Waals surface area contributed by atoms with E-state index < -0.39 is 0 Å². The average molecular weight is 415 g/mol. The molecule has 0 amide bonds. The first-order valence-corrected chi connectivity index (χ1v) is 9.47. The van der Waals surface area contributed by atoms with Crippen LogP contribution in [0.3, 0.4) is 0 Å². The van der Waals surface area contributed by atoms with E-state index >= 15 is 0 Å². The van der Waals surface area contributed by atoms with Crippen molar-refractivity contribution >= 4 is 38.3 Å².